The van der Waals surface area contributed by atoms with Gasteiger partial charge >= 0.3 is 13.3 Å². The van der Waals surface area contributed by atoms with Gasteiger partial charge in [0.1, 0.15) is 0 Å². The summed E-state index contributed by atoms with van der Waals surface area (Å²) >= 11 is 0. The SMILES string of the molecule is CNCC(=Cc1cc(N)ccc1C(F)(F)F)B1OC(C)(C)C(C)(C)O1. The Bertz CT molecular complexity index is 656. The van der Waals surface area contributed by atoms with Gasteiger partial charge in [-0.1, -0.05) is 6.08 Å². The molecule has 0 spiro atoms. The van der Waals surface area contributed by atoms with Crippen molar-refractivity contribution in [3.8, 4) is 0 Å². The molecule has 0 aliphatic carbocycles. The van der Waals surface area contributed by atoms with E-state index >= 15 is 0 Å². The quantitative estimate of drug-likeness (QED) is 0.640. The number of likely N-dealkylation sites (N-methyl/N-ethyl adjacent to an activating group) is 1. The van der Waals surface area contributed by atoms with E-state index in [9.17, 15) is 13.2 Å². The minimum atomic E-state index is -4.47. The second-order valence-electron chi connectivity index (χ2n) is 7.18. The van der Waals surface area contributed by atoms with Crippen LogP contribution in [0.15, 0.2) is 23.7 Å². The molecule has 3 N–H and O–H groups in total. The van der Waals surface area contributed by atoms with E-state index in [1.165, 1.54) is 18.2 Å². The maximum atomic E-state index is 13.3. The van der Waals surface area contributed by atoms with Crippen molar-refractivity contribution in [1.82, 2.24) is 5.32 Å². The zero-order chi connectivity index (χ0) is 19.0. The van der Waals surface area contributed by atoms with Crippen LogP contribution in [0.1, 0.15) is 38.8 Å². The number of hydrogen-bond acceptors (Lipinski definition) is 4. The average molecular weight is 356 g/mol. The van der Waals surface area contributed by atoms with Crippen molar-refractivity contribution in [2.24, 2.45) is 0 Å². The first-order valence-corrected chi connectivity index (χ1v) is 8.05. The summed E-state index contributed by atoms with van der Waals surface area (Å²) in [6.07, 6.45) is -3.03. The van der Waals surface area contributed by atoms with Crippen LogP contribution in [0.25, 0.3) is 6.08 Å². The third kappa shape index (κ3) is 4.19. The second kappa shape index (κ2) is 6.66. The van der Waals surface area contributed by atoms with Gasteiger partial charge in [-0.3, -0.25) is 0 Å². The van der Waals surface area contributed by atoms with Crippen molar-refractivity contribution in [2.45, 2.75) is 45.1 Å². The second-order valence-corrected chi connectivity index (χ2v) is 7.18. The van der Waals surface area contributed by atoms with E-state index in [1.54, 1.807) is 7.05 Å². The van der Waals surface area contributed by atoms with Crippen molar-refractivity contribution in [2.75, 3.05) is 19.3 Å². The van der Waals surface area contributed by atoms with Gasteiger partial charge in [-0.2, -0.15) is 13.2 Å². The number of rotatable bonds is 4. The third-order valence-corrected chi connectivity index (χ3v) is 4.66. The van der Waals surface area contributed by atoms with Crippen molar-refractivity contribution >= 4 is 18.9 Å². The first-order valence-electron chi connectivity index (χ1n) is 8.05. The predicted molar refractivity (Wildman–Crippen MR) is 93.8 cm³/mol. The van der Waals surface area contributed by atoms with Crippen LogP contribution in [0, 0.1) is 0 Å². The molecule has 0 aromatic heterocycles. The largest absolute Gasteiger partial charge is 0.491 e. The fraction of sp³-hybridized carbons (Fsp3) is 0.529. The molecule has 2 rings (SSSR count). The number of nitrogens with one attached hydrogen (secondary N) is 1. The molecule has 1 saturated heterocycles. The first-order chi connectivity index (χ1) is 11.4. The Morgan fingerprint density at radius 2 is 1.76 bits per heavy atom. The lowest BCUT2D eigenvalue weighted by molar-refractivity contribution is -0.137. The number of alkyl halides is 3. The van der Waals surface area contributed by atoms with E-state index in [-0.39, 0.29) is 11.3 Å². The van der Waals surface area contributed by atoms with Crippen LogP contribution >= 0.6 is 0 Å². The number of halogens is 3. The maximum Gasteiger partial charge on any atom is 0.491 e. The number of anilines is 1. The van der Waals surface area contributed by atoms with Gasteiger partial charge in [0.25, 0.3) is 0 Å². The Kier molecular flexibility index (Phi) is 5.28. The molecule has 0 unspecified atom stereocenters. The summed E-state index contributed by atoms with van der Waals surface area (Å²) < 4.78 is 51.8. The van der Waals surface area contributed by atoms with Crippen molar-refractivity contribution in [1.29, 1.82) is 0 Å². The van der Waals surface area contributed by atoms with E-state index in [1.807, 2.05) is 27.7 Å². The van der Waals surface area contributed by atoms with Gasteiger partial charge in [-0.25, -0.2) is 0 Å². The fourth-order valence-electron chi connectivity index (χ4n) is 2.56. The molecular formula is C17H24BF3N2O2. The lowest BCUT2D eigenvalue weighted by atomic mass is 9.76. The molecule has 1 fully saturated rings. The Morgan fingerprint density at radius 3 is 2.24 bits per heavy atom. The summed E-state index contributed by atoms with van der Waals surface area (Å²) in [7, 11) is 0.975. The minimum Gasteiger partial charge on any atom is -0.400 e. The van der Waals surface area contributed by atoms with Crippen molar-refractivity contribution in [3.05, 3.63) is 34.8 Å². The van der Waals surface area contributed by atoms with Crippen LogP contribution in [0.4, 0.5) is 18.9 Å². The highest BCUT2D eigenvalue weighted by Crippen LogP contribution is 2.39. The summed E-state index contributed by atoms with van der Waals surface area (Å²) in [5.41, 5.74) is 4.61. The Balaban J connectivity index is 2.47. The summed E-state index contributed by atoms with van der Waals surface area (Å²) in [5.74, 6) is 0. The van der Waals surface area contributed by atoms with E-state index in [0.717, 1.165) is 6.07 Å². The maximum absolute atomic E-state index is 13.3. The average Bonchev–Trinajstić information content (AvgIpc) is 2.65. The van der Waals surface area contributed by atoms with Crippen LogP contribution in [0.2, 0.25) is 0 Å². The monoisotopic (exact) mass is 356 g/mol. The van der Waals surface area contributed by atoms with E-state index in [0.29, 0.717) is 12.0 Å². The van der Waals surface area contributed by atoms with Gasteiger partial charge in [0.15, 0.2) is 0 Å². The van der Waals surface area contributed by atoms with Gasteiger partial charge in [-0.05, 0) is 64.0 Å². The lowest BCUT2D eigenvalue weighted by Crippen LogP contribution is -2.41. The number of hydrogen-bond donors (Lipinski definition) is 2. The summed E-state index contributed by atoms with van der Waals surface area (Å²) in [6.45, 7) is 7.90. The van der Waals surface area contributed by atoms with E-state index < -0.39 is 30.1 Å². The molecule has 0 saturated carbocycles. The van der Waals surface area contributed by atoms with Crippen molar-refractivity contribution < 1.29 is 22.5 Å². The molecule has 25 heavy (non-hydrogen) atoms. The Hall–Kier alpha value is -1.51. The highest BCUT2D eigenvalue weighted by atomic mass is 19.4. The topological polar surface area (TPSA) is 56.5 Å². The predicted octanol–water partition coefficient (Wildman–Crippen LogP) is 3.52. The van der Waals surface area contributed by atoms with Crippen LogP contribution in [0.3, 0.4) is 0 Å². The third-order valence-electron chi connectivity index (χ3n) is 4.66. The van der Waals surface area contributed by atoms with Gasteiger partial charge in [0, 0.05) is 12.2 Å². The number of nitrogens with two attached hydrogens (primary N) is 1. The zero-order valence-electron chi connectivity index (χ0n) is 15.1. The molecule has 1 aromatic carbocycles. The minimum absolute atomic E-state index is 0.00698. The summed E-state index contributed by atoms with van der Waals surface area (Å²) in [4.78, 5) is 0. The molecular weight excluding hydrogens is 332 g/mol. The number of benzene rings is 1. The normalized spacial score (nSPS) is 20.2. The van der Waals surface area contributed by atoms with Crippen LogP contribution < -0.4 is 11.1 Å². The lowest BCUT2D eigenvalue weighted by Gasteiger charge is -2.32. The Labute approximate surface area is 146 Å². The standard InChI is InChI=1S/C17H24BF3N2O2/c1-15(2)16(3,4)25-18(24-15)12(10-23-5)8-11-9-13(22)6-7-14(11)17(19,20)21/h6-9,23H,10,22H2,1-5H3. The molecule has 138 valence electrons. The molecule has 1 heterocycles. The summed E-state index contributed by atoms with van der Waals surface area (Å²) in [6, 6.07) is 3.54. The zero-order valence-corrected chi connectivity index (χ0v) is 15.1. The first kappa shape index (κ1) is 19.8. The molecule has 4 nitrogen and oxygen atoms in total. The van der Waals surface area contributed by atoms with Gasteiger partial charge in [0.05, 0.1) is 16.8 Å². The van der Waals surface area contributed by atoms with Crippen LogP contribution in [0.5, 0.6) is 0 Å². The fourth-order valence-corrected chi connectivity index (χ4v) is 2.56. The smallest absolute Gasteiger partial charge is 0.400 e. The Morgan fingerprint density at radius 1 is 1.20 bits per heavy atom. The molecule has 0 bridgehead atoms. The van der Waals surface area contributed by atoms with E-state index in [2.05, 4.69) is 5.32 Å². The summed E-state index contributed by atoms with van der Waals surface area (Å²) in [5, 5.41) is 2.95. The molecule has 1 aliphatic rings. The van der Waals surface area contributed by atoms with Gasteiger partial charge < -0.3 is 20.4 Å². The highest BCUT2D eigenvalue weighted by molar-refractivity contribution is 6.56. The molecule has 1 aromatic rings. The number of nitrogen functional groups attached to an aromatic ring is 1. The molecule has 8 heteroatoms. The molecule has 1 aliphatic heterocycles. The van der Waals surface area contributed by atoms with Crippen molar-refractivity contribution in [3.63, 3.8) is 0 Å². The molecule has 0 radical (unpaired) electrons. The van der Waals surface area contributed by atoms with Gasteiger partial charge in [-0.15, -0.1) is 0 Å². The van der Waals surface area contributed by atoms with E-state index in [4.69, 9.17) is 15.0 Å². The highest BCUT2D eigenvalue weighted by Gasteiger charge is 2.52. The van der Waals surface area contributed by atoms with Gasteiger partial charge in [0.2, 0.25) is 0 Å². The molecule has 0 atom stereocenters. The van der Waals surface area contributed by atoms with Crippen LogP contribution in [-0.4, -0.2) is 31.9 Å². The molecule has 0 amide bonds. The van der Waals surface area contributed by atoms with Crippen LogP contribution in [-0.2, 0) is 15.5 Å².